The summed E-state index contributed by atoms with van der Waals surface area (Å²) in [4.78, 5) is 23.4. The minimum atomic E-state index is -0.352. The van der Waals surface area contributed by atoms with Crippen molar-refractivity contribution in [1.29, 1.82) is 0 Å². The van der Waals surface area contributed by atoms with Crippen LogP contribution in [0.3, 0.4) is 0 Å². The molecule has 0 radical (unpaired) electrons. The first-order valence-electron chi connectivity index (χ1n) is 9.65. The highest BCUT2D eigenvalue weighted by Gasteiger charge is 2.27. The maximum absolute atomic E-state index is 12.0. The summed E-state index contributed by atoms with van der Waals surface area (Å²) in [7, 11) is 0. The summed E-state index contributed by atoms with van der Waals surface area (Å²) in [5.74, 6) is 0. The molecule has 30 heavy (non-hydrogen) atoms. The molecule has 148 valence electrons. The van der Waals surface area contributed by atoms with E-state index in [0.29, 0.717) is 21.5 Å². The monoisotopic (exact) mass is 398 g/mol. The average molecular weight is 398 g/mol. The van der Waals surface area contributed by atoms with Crippen LogP contribution in [0, 0.1) is 47.9 Å². The van der Waals surface area contributed by atoms with Gasteiger partial charge in [0.2, 0.25) is 0 Å². The topological polar surface area (TPSA) is 86.3 Å². The Morgan fingerprint density at radius 1 is 0.533 bits per heavy atom. The molecule has 0 aliphatic carbocycles. The van der Waals surface area contributed by atoms with E-state index < -0.39 is 0 Å². The van der Waals surface area contributed by atoms with E-state index in [-0.39, 0.29) is 21.2 Å². The number of non-ortho nitro benzene ring substituents is 2. The van der Waals surface area contributed by atoms with Crippen LogP contribution in [0.1, 0.15) is 22.3 Å². The van der Waals surface area contributed by atoms with E-state index in [1.54, 1.807) is 12.1 Å². The van der Waals surface area contributed by atoms with Gasteiger partial charge in [-0.25, -0.2) is 0 Å². The van der Waals surface area contributed by atoms with Crippen molar-refractivity contribution in [1.82, 2.24) is 0 Å². The maximum atomic E-state index is 12.0. The van der Waals surface area contributed by atoms with Gasteiger partial charge in [0.1, 0.15) is 0 Å². The van der Waals surface area contributed by atoms with Gasteiger partial charge in [-0.3, -0.25) is 20.2 Å². The second-order valence-electron chi connectivity index (χ2n) is 8.05. The smallest absolute Gasteiger partial charge is 0.258 e. The molecule has 0 unspecified atom stereocenters. The molecule has 6 nitrogen and oxygen atoms in total. The fraction of sp³-hybridized carbons (Fsp3) is 0.167. The van der Waals surface area contributed by atoms with Crippen LogP contribution in [0.25, 0.3) is 43.1 Å². The second kappa shape index (κ2) is 5.86. The van der Waals surface area contributed by atoms with Gasteiger partial charge >= 0.3 is 0 Å². The van der Waals surface area contributed by atoms with Gasteiger partial charge < -0.3 is 0 Å². The highest BCUT2D eigenvalue weighted by molar-refractivity contribution is 6.37. The van der Waals surface area contributed by atoms with Gasteiger partial charge in [-0.05, 0) is 71.5 Å². The molecule has 0 bridgehead atoms. The maximum Gasteiger partial charge on any atom is 0.278 e. The summed E-state index contributed by atoms with van der Waals surface area (Å²) >= 11 is 0. The number of aryl methyl sites for hydroxylation is 4. The minimum Gasteiger partial charge on any atom is -0.258 e. The number of nitro benzene ring substituents is 2. The van der Waals surface area contributed by atoms with Crippen molar-refractivity contribution in [3.8, 4) is 0 Å². The number of hydrogen-bond donors (Lipinski definition) is 0. The highest BCUT2D eigenvalue weighted by atomic mass is 16.6. The lowest BCUT2D eigenvalue weighted by atomic mass is 9.84. The van der Waals surface area contributed by atoms with Gasteiger partial charge in [-0.15, -0.1) is 0 Å². The first-order valence-corrected chi connectivity index (χ1v) is 9.65. The predicted octanol–water partition coefficient (Wildman–Crippen LogP) is 6.79. The molecule has 0 heterocycles. The van der Waals surface area contributed by atoms with Crippen molar-refractivity contribution in [2.75, 3.05) is 0 Å². The third-order valence-electron chi connectivity index (χ3n) is 6.27. The fourth-order valence-corrected chi connectivity index (χ4v) is 5.15. The van der Waals surface area contributed by atoms with Crippen LogP contribution in [0.4, 0.5) is 11.4 Å². The van der Waals surface area contributed by atoms with Gasteiger partial charge in [0.05, 0.1) is 20.6 Å². The number of nitro groups is 2. The predicted molar refractivity (Wildman–Crippen MR) is 120 cm³/mol. The Balaban J connectivity index is 2.31. The van der Waals surface area contributed by atoms with E-state index in [1.165, 1.54) is 0 Å². The van der Waals surface area contributed by atoms with Crippen molar-refractivity contribution < 1.29 is 9.85 Å². The zero-order valence-corrected chi connectivity index (χ0v) is 17.0. The Morgan fingerprint density at radius 2 is 0.900 bits per heavy atom. The summed E-state index contributed by atoms with van der Waals surface area (Å²) in [5.41, 5.74) is 3.63. The molecule has 0 aliphatic rings. The van der Waals surface area contributed by atoms with E-state index >= 15 is 0 Å². The molecule has 0 amide bonds. The molecule has 0 aliphatic heterocycles. The number of nitrogens with zero attached hydrogens (tertiary/aromatic N) is 2. The number of rotatable bonds is 2. The molecule has 0 spiro atoms. The molecule has 0 saturated carbocycles. The second-order valence-corrected chi connectivity index (χ2v) is 8.05. The lowest BCUT2D eigenvalue weighted by Crippen LogP contribution is -1.99. The molecule has 0 N–H and O–H groups in total. The van der Waals surface area contributed by atoms with E-state index in [1.807, 2.05) is 52.0 Å². The van der Waals surface area contributed by atoms with Crippen molar-refractivity contribution >= 4 is 54.5 Å². The molecule has 5 aromatic rings. The first kappa shape index (κ1) is 18.2. The van der Waals surface area contributed by atoms with E-state index in [9.17, 15) is 20.2 Å². The van der Waals surface area contributed by atoms with Crippen molar-refractivity contribution in [3.63, 3.8) is 0 Å². The van der Waals surface area contributed by atoms with E-state index in [2.05, 4.69) is 0 Å². The van der Waals surface area contributed by atoms with Crippen LogP contribution < -0.4 is 0 Å². The number of benzene rings is 5. The standard InChI is InChI=1S/C24H18N2O4/c1-11-5-7-15-22-18(26(29)30)10-14(4)20-12(2)6-8-16(24(20)22)21-17(25(27)28)9-13(3)19(11)23(15)21/h5-10H,1-4H3. The molecule has 0 fully saturated rings. The molecule has 5 rings (SSSR count). The average Bonchev–Trinajstić information content (AvgIpc) is 2.68. The Labute approximate surface area is 171 Å². The summed E-state index contributed by atoms with van der Waals surface area (Å²) in [6.07, 6.45) is 0. The summed E-state index contributed by atoms with van der Waals surface area (Å²) in [6, 6.07) is 10.9. The third kappa shape index (κ3) is 2.13. The minimum absolute atomic E-state index is 0.0341. The number of hydrogen-bond acceptors (Lipinski definition) is 4. The van der Waals surface area contributed by atoms with Crippen LogP contribution in [-0.4, -0.2) is 9.85 Å². The van der Waals surface area contributed by atoms with Crippen LogP contribution in [0.2, 0.25) is 0 Å². The van der Waals surface area contributed by atoms with Gasteiger partial charge in [0.15, 0.2) is 0 Å². The van der Waals surface area contributed by atoms with Crippen LogP contribution >= 0.6 is 0 Å². The Bertz CT molecular complexity index is 1460. The Kier molecular flexibility index (Phi) is 3.56. The molecule has 0 aromatic heterocycles. The molecule has 0 saturated heterocycles. The van der Waals surface area contributed by atoms with Crippen molar-refractivity contribution in [2.24, 2.45) is 0 Å². The highest BCUT2D eigenvalue weighted by Crippen LogP contribution is 2.49. The van der Waals surface area contributed by atoms with Gasteiger partial charge in [-0.1, -0.05) is 24.3 Å². The summed E-state index contributed by atoms with van der Waals surface area (Å²) in [6.45, 7) is 7.64. The molecule has 5 aromatic carbocycles. The van der Waals surface area contributed by atoms with Crippen LogP contribution in [-0.2, 0) is 0 Å². The zero-order chi connectivity index (χ0) is 21.5. The van der Waals surface area contributed by atoms with Crippen molar-refractivity contribution in [3.05, 3.63) is 78.9 Å². The normalized spacial score (nSPS) is 11.9. The summed E-state index contributed by atoms with van der Waals surface area (Å²) < 4.78 is 0. The Hall–Kier alpha value is -3.80. The van der Waals surface area contributed by atoms with Gasteiger partial charge in [0, 0.05) is 22.9 Å². The third-order valence-corrected chi connectivity index (χ3v) is 6.27. The lowest BCUT2D eigenvalue weighted by molar-refractivity contribution is -0.383. The van der Waals surface area contributed by atoms with Crippen molar-refractivity contribution in [2.45, 2.75) is 27.7 Å². The molecular weight excluding hydrogens is 380 g/mol. The Morgan fingerprint density at radius 3 is 1.23 bits per heavy atom. The van der Waals surface area contributed by atoms with E-state index in [4.69, 9.17) is 0 Å². The largest absolute Gasteiger partial charge is 0.278 e. The van der Waals surface area contributed by atoms with E-state index in [0.717, 1.165) is 43.8 Å². The lowest BCUT2D eigenvalue weighted by Gasteiger charge is -2.19. The molecular formula is C24H18N2O4. The van der Waals surface area contributed by atoms with Gasteiger partial charge in [0.25, 0.3) is 11.4 Å². The zero-order valence-electron chi connectivity index (χ0n) is 17.0. The quantitative estimate of drug-likeness (QED) is 0.142. The fourth-order valence-electron chi connectivity index (χ4n) is 5.15. The van der Waals surface area contributed by atoms with Crippen LogP contribution in [0.5, 0.6) is 0 Å². The molecule has 6 heteroatoms. The SMILES string of the molecule is Cc1ccc2c3c([N+](=O)[O-])cc(C)c4c(C)ccc(c5c([N+](=O)[O-])cc(C)c1c25)c43. The summed E-state index contributed by atoms with van der Waals surface area (Å²) in [5, 5.41) is 29.8. The first-order chi connectivity index (χ1) is 14.2. The van der Waals surface area contributed by atoms with Crippen LogP contribution in [0.15, 0.2) is 36.4 Å². The van der Waals surface area contributed by atoms with Gasteiger partial charge in [-0.2, -0.15) is 0 Å². The molecule has 0 atom stereocenters. The number of fused-ring (bicyclic) bond motifs is 2.